The van der Waals surface area contributed by atoms with Gasteiger partial charge in [0.25, 0.3) is 5.91 Å². The molecule has 2 aromatic rings. The van der Waals surface area contributed by atoms with E-state index in [0.717, 1.165) is 5.56 Å². The van der Waals surface area contributed by atoms with Crippen molar-refractivity contribution in [3.05, 3.63) is 47.7 Å². The number of aliphatic imine (C=N–C) groups is 1. The Bertz CT molecular complexity index is 846. The zero-order chi connectivity index (χ0) is 18.0. The zero-order valence-corrected chi connectivity index (χ0v) is 14.4. The molecule has 0 spiro atoms. The summed E-state index contributed by atoms with van der Waals surface area (Å²) < 4.78 is 10.6. The number of nitrogen functional groups attached to an aromatic ring is 1. The van der Waals surface area contributed by atoms with Crippen LogP contribution in [0.2, 0.25) is 0 Å². The molecule has 7 nitrogen and oxygen atoms in total. The molecule has 3 rings (SSSR count). The summed E-state index contributed by atoms with van der Waals surface area (Å²) in [7, 11) is 1.48. The first-order valence-electron chi connectivity index (χ1n) is 7.82. The molecule has 0 unspecified atom stereocenters. The fraction of sp³-hybridized carbons (Fsp3) is 0.278. The lowest BCUT2D eigenvalue weighted by Gasteiger charge is -2.09. The third-order valence-electron chi connectivity index (χ3n) is 3.67. The van der Waals surface area contributed by atoms with E-state index in [2.05, 4.69) is 15.3 Å². The minimum absolute atomic E-state index is 0.250. The Hall–Kier alpha value is -3.09. The highest BCUT2D eigenvalue weighted by Crippen LogP contribution is 2.23. The van der Waals surface area contributed by atoms with Gasteiger partial charge in [-0.3, -0.25) is 4.79 Å². The Labute approximate surface area is 145 Å². The number of anilines is 2. The molecular weight excluding hydrogens is 320 g/mol. The van der Waals surface area contributed by atoms with Gasteiger partial charge in [-0.1, -0.05) is 6.07 Å². The number of rotatable bonds is 4. The summed E-state index contributed by atoms with van der Waals surface area (Å²) in [6.07, 6.45) is 1.49. The summed E-state index contributed by atoms with van der Waals surface area (Å²) in [5.74, 6) is 0.597. The Morgan fingerprint density at radius 2 is 2.16 bits per heavy atom. The quantitative estimate of drug-likeness (QED) is 0.891. The smallest absolute Gasteiger partial charge is 0.255 e. The Morgan fingerprint density at radius 3 is 2.80 bits per heavy atom. The van der Waals surface area contributed by atoms with Crippen LogP contribution in [0.3, 0.4) is 0 Å². The van der Waals surface area contributed by atoms with Gasteiger partial charge >= 0.3 is 0 Å². The van der Waals surface area contributed by atoms with Crippen LogP contribution in [0.1, 0.15) is 29.8 Å². The van der Waals surface area contributed by atoms with Gasteiger partial charge in [0.2, 0.25) is 11.8 Å². The molecule has 0 saturated carbocycles. The van der Waals surface area contributed by atoms with E-state index in [-0.39, 0.29) is 11.4 Å². The first-order chi connectivity index (χ1) is 11.9. The topological polar surface area (TPSA) is 98.8 Å². The number of hydrogen-bond donors (Lipinski definition) is 2. The lowest BCUT2D eigenvalue weighted by atomic mass is 10.1. The maximum Gasteiger partial charge on any atom is 0.255 e. The molecule has 0 radical (unpaired) electrons. The minimum atomic E-state index is -0.272. The fourth-order valence-electron chi connectivity index (χ4n) is 2.44. The second-order valence-corrected chi connectivity index (χ2v) is 6.38. The van der Waals surface area contributed by atoms with Gasteiger partial charge in [-0.25, -0.2) is 9.98 Å². The van der Waals surface area contributed by atoms with E-state index in [4.69, 9.17) is 15.2 Å². The Morgan fingerprint density at radius 1 is 1.36 bits per heavy atom. The first kappa shape index (κ1) is 16.8. The van der Waals surface area contributed by atoms with Crippen LogP contribution in [0.4, 0.5) is 11.4 Å². The molecule has 1 aliphatic rings. The maximum absolute atomic E-state index is 12.5. The van der Waals surface area contributed by atoms with Crippen molar-refractivity contribution in [2.45, 2.75) is 19.4 Å². The van der Waals surface area contributed by atoms with E-state index >= 15 is 0 Å². The van der Waals surface area contributed by atoms with Crippen LogP contribution in [-0.2, 0) is 4.74 Å². The molecule has 0 fully saturated rings. The summed E-state index contributed by atoms with van der Waals surface area (Å²) >= 11 is 0. The number of methoxy groups -OCH3 is 1. The normalized spacial score (nSPS) is 15.2. The molecule has 1 amide bonds. The van der Waals surface area contributed by atoms with Crippen molar-refractivity contribution in [1.82, 2.24) is 4.98 Å². The number of hydrogen-bond acceptors (Lipinski definition) is 6. The number of carbonyl (C=O) groups excluding carboxylic acids is 1. The molecule has 1 aromatic heterocycles. The highest BCUT2D eigenvalue weighted by atomic mass is 16.5. The summed E-state index contributed by atoms with van der Waals surface area (Å²) in [4.78, 5) is 21.0. The van der Waals surface area contributed by atoms with Crippen LogP contribution >= 0.6 is 0 Å². The lowest BCUT2D eigenvalue weighted by molar-refractivity contribution is 0.102. The van der Waals surface area contributed by atoms with E-state index in [9.17, 15) is 4.79 Å². The van der Waals surface area contributed by atoms with Crippen LogP contribution in [-0.4, -0.2) is 36.0 Å². The summed E-state index contributed by atoms with van der Waals surface area (Å²) in [5, 5.41) is 2.77. The van der Waals surface area contributed by atoms with Gasteiger partial charge in [0.05, 0.1) is 30.2 Å². The fourth-order valence-corrected chi connectivity index (χ4v) is 2.44. The van der Waals surface area contributed by atoms with Gasteiger partial charge < -0.3 is 20.5 Å². The van der Waals surface area contributed by atoms with Gasteiger partial charge in [0.1, 0.15) is 6.61 Å². The first-order valence-corrected chi connectivity index (χ1v) is 7.82. The third kappa shape index (κ3) is 3.71. The average Bonchev–Trinajstić information content (AvgIpc) is 2.95. The summed E-state index contributed by atoms with van der Waals surface area (Å²) in [6, 6.07) is 8.72. The number of carbonyl (C=O) groups is 1. The third-order valence-corrected chi connectivity index (χ3v) is 3.67. The van der Waals surface area contributed by atoms with Crippen LogP contribution in [0, 0.1) is 0 Å². The van der Waals surface area contributed by atoms with E-state index in [1.165, 1.54) is 13.3 Å². The van der Waals surface area contributed by atoms with E-state index in [0.29, 0.717) is 35.3 Å². The second kappa shape index (κ2) is 6.43. The molecule has 25 heavy (non-hydrogen) atoms. The van der Waals surface area contributed by atoms with Crippen molar-refractivity contribution in [2.75, 3.05) is 24.8 Å². The van der Waals surface area contributed by atoms with Crippen molar-refractivity contribution in [2.24, 2.45) is 4.99 Å². The number of nitrogens with two attached hydrogens (primary N) is 1. The average molecular weight is 340 g/mol. The molecule has 0 aliphatic carbocycles. The van der Waals surface area contributed by atoms with Crippen molar-refractivity contribution < 1.29 is 14.3 Å². The molecule has 0 saturated heterocycles. The van der Waals surface area contributed by atoms with Gasteiger partial charge in [0.15, 0.2) is 0 Å². The zero-order valence-electron chi connectivity index (χ0n) is 14.4. The molecular formula is C18H20N4O3. The van der Waals surface area contributed by atoms with Crippen molar-refractivity contribution in [3.63, 3.8) is 0 Å². The predicted octanol–water partition coefficient (Wildman–Crippen LogP) is 2.48. The number of pyridine rings is 1. The minimum Gasteiger partial charge on any atom is -0.480 e. The molecule has 0 bridgehead atoms. The van der Waals surface area contributed by atoms with E-state index < -0.39 is 0 Å². The number of ether oxygens (including phenoxy) is 2. The molecule has 2 heterocycles. The second-order valence-electron chi connectivity index (χ2n) is 6.38. The van der Waals surface area contributed by atoms with Crippen LogP contribution in [0.5, 0.6) is 5.88 Å². The van der Waals surface area contributed by atoms with E-state index in [1.54, 1.807) is 24.3 Å². The van der Waals surface area contributed by atoms with Crippen LogP contribution < -0.4 is 15.8 Å². The van der Waals surface area contributed by atoms with Gasteiger partial charge in [-0.05, 0) is 38.1 Å². The number of benzene rings is 1. The van der Waals surface area contributed by atoms with E-state index in [1.807, 2.05) is 19.9 Å². The van der Waals surface area contributed by atoms with Crippen LogP contribution in [0.15, 0.2) is 41.5 Å². The van der Waals surface area contributed by atoms with Gasteiger partial charge in [-0.15, -0.1) is 0 Å². The van der Waals surface area contributed by atoms with Crippen LogP contribution in [0.25, 0.3) is 0 Å². The lowest BCUT2D eigenvalue weighted by Crippen LogP contribution is -2.17. The SMILES string of the molecule is COc1ncc(NC(=O)c2cccc(C3=NC(C)(C)CO3)c2)cc1N. The largest absolute Gasteiger partial charge is 0.480 e. The maximum atomic E-state index is 12.5. The monoisotopic (exact) mass is 340 g/mol. The Kier molecular flexibility index (Phi) is 4.31. The standard InChI is InChI=1S/C18H20N4O3/c1-18(2)10-25-16(22-18)12-6-4-5-11(7-12)15(23)21-13-8-14(19)17(24-3)20-9-13/h4-9H,10,19H2,1-3H3,(H,21,23). The molecule has 1 aromatic carbocycles. The molecule has 130 valence electrons. The number of aromatic nitrogens is 1. The number of nitrogens with one attached hydrogen (secondary N) is 1. The van der Waals surface area contributed by atoms with Crippen molar-refractivity contribution >= 4 is 23.2 Å². The van der Waals surface area contributed by atoms with Crippen molar-refractivity contribution in [3.8, 4) is 5.88 Å². The summed E-state index contributed by atoms with van der Waals surface area (Å²) in [6.45, 7) is 4.52. The Balaban J connectivity index is 1.79. The van der Waals surface area contributed by atoms with Gasteiger partial charge in [0, 0.05) is 11.1 Å². The highest BCUT2D eigenvalue weighted by molar-refractivity contribution is 6.06. The molecule has 7 heteroatoms. The summed E-state index contributed by atoms with van der Waals surface area (Å²) in [5.41, 5.74) is 7.66. The molecule has 3 N–H and O–H groups in total. The van der Waals surface area contributed by atoms with Gasteiger partial charge in [-0.2, -0.15) is 0 Å². The molecule has 0 atom stereocenters. The van der Waals surface area contributed by atoms with Crippen molar-refractivity contribution in [1.29, 1.82) is 0 Å². The highest BCUT2D eigenvalue weighted by Gasteiger charge is 2.27. The molecule has 1 aliphatic heterocycles. The predicted molar refractivity (Wildman–Crippen MR) is 96.2 cm³/mol. The number of nitrogens with zero attached hydrogens (tertiary/aromatic N) is 2. The number of amides is 1.